The Labute approximate surface area is 386 Å². The lowest BCUT2D eigenvalue weighted by molar-refractivity contribution is -0.357. The maximum Gasteiger partial charge on any atom is 0.337 e. The van der Waals surface area contributed by atoms with Crippen molar-refractivity contribution < 1.29 is 88.7 Å². The molecule has 0 aromatic rings. The van der Waals surface area contributed by atoms with E-state index in [1.165, 1.54) is 5.57 Å². The molecule has 8 aliphatic rings. The van der Waals surface area contributed by atoms with Crippen molar-refractivity contribution in [2.75, 3.05) is 20.3 Å². The van der Waals surface area contributed by atoms with Crippen LogP contribution in [-0.2, 0) is 42.7 Å². The molecule has 0 amide bonds. The van der Waals surface area contributed by atoms with Crippen LogP contribution >= 0.6 is 0 Å². The molecular formula is C48H76O18. The minimum Gasteiger partial charge on any atom is -0.467 e. The molecule has 0 spiro atoms. The number of methoxy groups -OCH3 is 1. The van der Waals surface area contributed by atoms with Gasteiger partial charge in [0, 0.05) is 0 Å². The first-order valence-electron chi connectivity index (χ1n) is 24.1. The van der Waals surface area contributed by atoms with E-state index in [0.29, 0.717) is 19.3 Å². The van der Waals surface area contributed by atoms with Gasteiger partial charge in [0.1, 0.15) is 61.0 Å². The van der Waals surface area contributed by atoms with E-state index in [1.54, 1.807) is 0 Å². The summed E-state index contributed by atoms with van der Waals surface area (Å²) in [5.74, 6) is -1.16. The van der Waals surface area contributed by atoms with E-state index in [4.69, 9.17) is 33.2 Å². The number of hydrogen-bond acceptors (Lipinski definition) is 18. The van der Waals surface area contributed by atoms with E-state index >= 15 is 0 Å². The van der Waals surface area contributed by atoms with Crippen molar-refractivity contribution in [3.8, 4) is 0 Å². The number of esters is 2. The van der Waals surface area contributed by atoms with Crippen molar-refractivity contribution in [2.24, 2.45) is 50.2 Å². The third-order valence-corrected chi connectivity index (χ3v) is 19.1. The normalized spacial score (nSPS) is 52.0. The minimum absolute atomic E-state index is 0.0613. The Morgan fingerprint density at radius 2 is 1.39 bits per heavy atom. The number of allylic oxidation sites excluding steroid dienone is 2. The highest BCUT2D eigenvalue weighted by atomic mass is 16.7. The summed E-state index contributed by atoms with van der Waals surface area (Å²) in [6, 6.07) is 0. The van der Waals surface area contributed by atoms with E-state index in [2.05, 4.69) is 54.5 Å². The van der Waals surface area contributed by atoms with Crippen LogP contribution in [0, 0.1) is 50.2 Å². The van der Waals surface area contributed by atoms with E-state index in [9.17, 15) is 55.5 Å². The zero-order valence-electron chi connectivity index (χ0n) is 39.7. The van der Waals surface area contributed by atoms with Gasteiger partial charge in [-0.25, -0.2) is 4.79 Å². The van der Waals surface area contributed by atoms with Crippen LogP contribution in [0.15, 0.2) is 11.6 Å². The van der Waals surface area contributed by atoms with Gasteiger partial charge in [-0.1, -0.05) is 60.1 Å². The number of rotatable bonds is 8. The maximum atomic E-state index is 14.7. The van der Waals surface area contributed by atoms with Crippen LogP contribution < -0.4 is 0 Å². The largest absolute Gasteiger partial charge is 0.467 e. The van der Waals surface area contributed by atoms with Crippen LogP contribution in [0.25, 0.3) is 0 Å². The molecule has 66 heavy (non-hydrogen) atoms. The third kappa shape index (κ3) is 7.83. The number of fused-ring (bicyclic) bond motifs is 7. The Morgan fingerprint density at radius 1 is 0.712 bits per heavy atom. The number of aliphatic hydroxyl groups excluding tert-OH is 9. The summed E-state index contributed by atoms with van der Waals surface area (Å²) in [6.07, 6.45) is -12.7. The average Bonchev–Trinajstić information content (AvgIpc) is 3.26. The fraction of sp³-hybridized carbons (Fsp3) is 0.917. The maximum absolute atomic E-state index is 14.7. The topological polar surface area (TPSA) is 281 Å². The first kappa shape index (κ1) is 50.5. The molecule has 22 atom stereocenters. The fourth-order valence-electron chi connectivity index (χ4n) is 14.9. The van der Waals surface area contributed by atoms with Gasteiger partial charge in [-0.05, 0) is 109 Å². The molecular weight excluding hydrogens is 865 g/mol. The summed E-state index contributed by atoms with van der Waals surface area (Å²) in [6.45, 7) is 15.0. The molecule has 5 aliphatic carbocycles. The zero-order chi connectivity index (χ0) is 48.3. The Morgan fingerprint density at radius 3 is 2.08 bits per heavy atom. The minimum atomic E-state index is -1.77. The molecule has 376 valence electrons. The molecule has 0 aromatic carbocycles. The Kier molecular flexibility index (Phi) is 13.6. The smallest absolute Gasteiger partial charge is 0.337 e. The molecule has 4 saturated carbocycles. The molecule has 3 heterocycles. The second-order valence-corrected chi connectivity index (χ2v) is 23.2. The molecule has 0 bridgehead atoms. The predicted molar refractivity (Wildman–Crippen MR) is 229 cm³/mol. The summed E-state index contributed by atoms with van der Waals surface area (Å²) in [4.78, 5) is 27.6. The quantitative estimate of drug-likeness (QED) is 0.0931. The van der Waals surface area contributed by atoms with E-state index in [-0.39, 0.29) is 46.0 Å². The lowest BCUT2D eigenvalue weighted by Gasteiger charge is -2.71. The first-order valence-corrected chi connectivity index (χ1v) is 24.1. The van der Waals surface area contributed by atoms with Gasteiger partial charge in [-0.15, -0.1) is 0 Å². The van der Waals surface area contributed by atoms with Gasteiger partial charge in [0.25, 0.3) is 0 Å². The van der Waals surface area contributed by atoms with Crippen LogP contribution in [0.1, 0.15) is 113 Å². The summed E-state index contributed by atoms with van der Waals surface area (Å²) < 4.78 is 40.5. The number of aliphatic hydroxyl groups is 9. The fourth-order valence-corrected chi connectivity index (χ4v) is 14.9. The zero-order valence-corrected chi connectivity index (χ0v) is 39.7. The number of carbonyl (C=O) groups excluding carboxylic acids is 2. The number of carbonyl (C=O) groups is 2. The predicted octanol–water partition coefficient (Wildman–Crippen LogP) is 0.960. The highest BCUT2D eigenvalue weighted by Gasteiger charge is 2.70. The van der Waals surface area contributed by atoms with Crippen molar-refractivity contribution in [3.63, 3.8) is 0 Å². The van der Waals surface area contributed by atoms with Crippen molar-refractivity contribution in [3.05, 3.63) is 11.6 Å². The molecule has 18 heteroatoms. The van der Waals surface area contributed by atoms with Gasteiger partial charge < -0.3 is 79.1 Å². The van der Waals surface area contributed by atoms with E-state index < -0.39 is 121 Å². The van der Waals surface area contributed by atoms with Crippen LogP contribution in [0.4, 0.5) is 0 Å². The van der Waals surface area contributed by atoms with Crippen LogP contribution in [0.3, 0.4) is 0 Å². The number of hydrogen-bond donors (Lipinski definition) is 9. The highest BCUT2D eigenvalue weighted by molar-refractivity contribution is 5.79. The van der Waals surface area contributed by atoms with Gasteiger partial charge in [-0.3, -0.25) is 4.79 Å². The average molecular weight is 941 g/mol. The van der Waals surface area contributed by atoms with Crippen LogP contribution in [0.5, 0.6) is 0 Å². The van der Waals surface area contributed by atoms with Crippen molar-refractivity contribution >= 4 is 11.9 Å². The standard InChI is InChI=1S/C48H76O18/c1-43(2)15-17-48(42(59)66-40-33(55)31(53)30(52)25(20-49)62-40)18-16-46(6)22(23(48)19-43)9-10-27-45(5)13-12-28(44(3,4)26(45)11-14-47(27,46)7)63-41-35(57)36(34(56)37(65-41)38(58)60-8)64-39-32(54)29(51)24(50)21-61-39/h9,23-37,39-41,49-57H,10-21H2,1-8H3/t23-,24+,25+,26-,27+,28-,29-,30+,31-,32+,33+,34-,35+,36-,37-,39-,40-,41+,45-,46+,47+,48-/m0/s1. The van der Waals surface area contributed by atoms with E-state index in [1.807, 2.05) is 0 Å². The molecule has 3 aliphatic heterocycles. The van der Waals surface area contributed by atoms with Gasteiger partial charge >= 0.3 is 11.9 Å². The van der Waals surface area contributed by atoms with Crippen molar-refractivity contribution in [1.29, 1.82) is 0 Å². The van der Waals surface area contributed by atoms with Gasteiger partial charge in [-0.2, -0.15) is 0 Å². The summed E-state index contributed by atoms with van der Waals surface area (Å²) >= 11 is 0. The first-order chi connectivity index (χ1) is 30.8. The Bertz CT molecular complexity index is 1840. The monoisotopic (exact) mass is 941 g/mol. The Balaban J connectivity index is 1.03. The third-order valence-electron chi connectivity index (χ3n) is 19.1. The van der Waals surface area contributed by atoms with Gasteiger partial charge in [0.2, 0.25) is 6.29 Å². The molecule has 7 fully saturated rings. The molecule has 3 saturated heterocycles. The summed E-state index contributed by atoms with van der Waals surface area (Å²) in [5.41, 5.74) is -0.749. The van der Waals surface area contributed by atoms with Gasteiger partial charge in [0.15, 0.2) is 18.7 Å². The summed E-state index contributed by atoms with van der Waals surface area (Å²) in [5, 5.41) is 95.4. The van der Waals surface area contributed by atoms with Crippen LogP contribution in [0.2, 0.25) is 0 Å². The summed E-state index contributed by atoms with van der Waals surface area (Å²) in [7, 11) is 1.13. The molecule has 8 rings (SSSR count). The molecule has 9 N–H and O–H groups in total. The van der Waals surface area contributed by atoms with Gasteiger partial charge in [0.05, 0.1) is 31.8 Å². The second kappa shape index (κ2) is 17.8. The second-order valence-electron chi connectivity index (χ2n) is 23.2. The van der Waals surface area contributed by atoms with Crippen molar-refractivity contribution in [1.82, 2.24) is 0 Å². The molecule has 0 unspecified atom stereocenters. The number of ether oxygens (including phenoxy) is 7. The Hall–Kier alpha value is -1.88. The van der Waals surface area contributed by atoms with Crippen molar-refractivity contribution in [2.45, 2.75) is 205 Å². The molecule has 0 radical (unpaired) electrons. The molecule has 0 aromatic heterocycles. The van der Waals surface area contributed by atoms with E-state index in [0.717, 1.165) is 52.1 Å². The lowest BCUT2D eigenvalue weighted by Crippen LogP contribution is -2.67. The SMILES string of the molecule is COC(=O)[C@H]1O[C@@H](O[C@H]2CC[C@]3(C)[C@H]4CC=C5[C@@H]6CC(C)(C)CC[C@]6(C(=O)O[C@@H]6O[C@H](CO)[C@@H](O)[C@H](O)[C@H]6O)CC[C@@]5(C)[C@]4(C)CC[C@H]3C2(C)C)[C@H](O)[C@@H](O[C@@H]2OC[C@@H](O)[C@H](O)[C@H]2O)[C@@H]1O. The molecule has 18 nitrogen and oxygen atoms in total. The van der Waals surface area contributed by atoms with Crippen LogP contribution in [-0.4, -0.2) is 170 Å². The highest BCUT2D eigenvalue weighted by Crippen LogP contribution is 2.76. The lowest BCUT2D eigenvalue weighted by atomic mass is 9.33.